The molecule has 4 nitrogen and oxygen atoms in total. The van der Waals surface area contributed by atoms with Crippen LogP contribution in [0, 0.1) is 13.8 Å². The molecule has 0 bridgehead atoms. The van der Waals surface area contributed by atoms with Gasteiger partial charge in [0.05, 0.1) is 5.69 Å². The van der Waals surface area contributed by atoms with E-state index in [4.69, 9.17) is 5.73 Å². The van der Waals surface area contributed by atoms with Crippen molar-refractivity contribution < 1.29 is 0 Å². The van der Waals surface area contributed by atoms with Gasteiger partial charge < -0.3 is 5.73 Å². The topological polar surface area (TPSA) is 56.7 Å². The summed E-state index contributed by atoms with van der Waals surface area (Å²) in [6.07, 6.45) is 1.68. The molecule has 0 aliphatic heterocycles. The summed E-state index contributed by atoms with van der Waals surface area (Å²) in [4.78, 5) is 4.20. The Morgan fingerprint density at radius 1 is 1.29 bits per heavy atom. The summed E-state index contributed by atoms with van der Waals surface area (Å²) in [5, 5.41) is 4.32. The number of aromatic nitrogens is 3. The van der Waals surface area contributed by atoms with Gasteiger partial charge in [-0.05, 0) is 26.0 Å². The highest BCUT2D eigenvalue weighted by Crippen LogP contribution is 2.11. The highest BCUT2D eigenvalue weighted by atomic mass is 15.3. The molecule has 2 aromatic heterocycles. The van der Waals surface area contributed by atoms with Gasteiger partial charge in [0.15, 0.2) is 5.82 Å². The second-order valence-corrected chi connectivity index (χ2v) is 3.29. The van der Waals surface area contributed by atoms with Gasteiger partial charge in [-0.15, -0.1) is 0 Å². The van der Waals surface area contributed by atoms with E-state index in [1.807, 2.05) is 19.9 Å². The quantitative estimate of drug-likeness (QED) is 0.737. The van der Waals surface area contributed by atoms with E-state index in [2.05, 4.69) is 10.1 Å². The van der Waals surface area contributed by atoms with E-state index in [1.165, 1.54) is 0 Å². The van der Waals surface area contributed by atoms with Crippen LogP contribution >= 0.6 is 0 Å². The first kappa shape index (κ1) is 8.74. The molecule has 0 saturated carbocycles. The van der Waals surface area contributed by atoms with Crippen molar-refractivity contribution in [3.05, 3.63) is 35.8 Å². The van der Waals surface area contributed by atoms with Gasteiger partial charge in [-0.3, -0.25) is 0 Å². The van der Waals surface area contributed by atoms with Gasteiger partial charge in [0.2, 0.25) is 0 Å². The first-order valence-corrected chi connectivity index (χ1v) is 4.42. The van der Waals surface area contributed by atoms with Crippen molar-refractivity contribution in [3.63, 3.8) is 0 Å². The molecular formula is C10H12N4. The Balaban J connectivity index is 2.54. The van der Waals surface area contributed by atoms with Gasteiger partial charge >= 0.3 is 0 Å². The van der Waals surface area contributed by atoms with E-state index in [1.54, 1.807) is 23.0 Å². The molecule has 2 aromatic rings. The number of nitrogens with zero attached hydrogens (tertiary/aromatic N) is 3. The van der Waals surface area contributed by atoms with Gasteiger partial charge in [-0.2, -0.15) is 5.10 Å². The maximum absolute atomic E-state index is 5.67. The Morgan fingerprint density at radius 2 is 2.07 bits per heavy atom. The third kappa shape index (κ3) is 1.46. The van der Waals surface area contributed by atoms with Crippen LogP contribution in [0.1, 0.15) is 11.4 Å². The number of pyridine rings is 1. The van der Waals surface area contributed by atoms with E-state index < -0.39 is 0 Å². The summed E-state index contributed by atoms with van der Waals surface area (Å²) in [6, 6.07) is 5.57. The van der Waals surface area contributed by atoms with Crippen molar-refractivity contribution in [1.29, 1.82) is 0 Å². The highest BCUT2D eigenvalue weighted by molar-refractivity contribution is 5.43. The van der Waals surface area contributed by atoms with Crippen LogP contribution in [0.5, 0.6) is 0 Å². The fourth-order valence-corrected chi connectivity index (χ4v) is 1.41. The van der Waals surface area contributed by atoms with E-state index in [0.29, 0.717) is 5.69 Å². The predicted molar refractivity (Wildman–Crippen MR) is 55.2 cm³/mol. The molecule has 0 fully saturated rings. The molecule has 0 amide bonds. The highest BCUT2D eigenvalue weighted by Gasteiger charge is 2.04. The molecule has 0 aliphatic rings. The summed E-state index contributed by atoms with van der Waals surface area (Å²) in [6.45, 7) is 3.95. The lowest BCUT2D eigenvalue weighted by Gasteiger charge is -2.03. The minimum Gasteiger partial charge on any atom is -0.399 e. The number of aryl methyl sites for hydroxylation is 2. The molecule has 0 aromatic carbocycles. The van der Waals surface area contributed by atoms with Crippen LogP contribution in [0.15, 0.2) is 24.4 Å². The molecule has 72 valence electrons. The molecular weight excluding hydrogens is 176 g/mol. The maximum atomic E-state index is 5.67. The number of rotatable bonds is 1. The van der Waals surface area contributed by atoms with Crippen molar-refractivity contribution in [2.45, 2.75) is 13.8 Å². The third-order valence-electron chi connectivity index (χ3n) is 2.00. The fraction of sp³-hybridized carbons (Fsp3) is 0.200. The van der Waals surface area contributed by atoms with E-state index in [-0.39, 0.29) is 0 Å². The number of hydrogen-bond donors (Lipinski definition) is 1. The Hall–Kier alpha value is -1.84. The summed E-state index contributed by atoms with van der Waals surface area (Å²) in [7, 11) is 0. The first-order chi connectivity index (χ1) is 6.66. The summed E-state index contributed by atoms with van der Waals surface area (Å²) in [5.41, 5.74) is 8.40. The monoisotopic (exact) mass is 188 g/mol. The van der Waals surface area contributed by atoms with Crippen molar-refractivity contribution in [2.24, 2.45) is 0 Å². The average Bonchev–Trinajstić information content (AvgIpc) is 2.45. The second kappa shape index (κ2) is 3.14. The van der Waals surface area contributed by atoms with Crippen molar-refractivity contribution in [3.8, 4) is 5.82 Å². The fourth-order valence-electron chi connectivity index (χ4n) is 1.41. The number of hydrogen-bond acceptors (Lipinski definition) is 3. The zero-order valence-electron chi connectivity index (χ0n) is 8.23. The van der Waals surface area contributed by atoms with Crippen LogP contribution in [0.3, 0.4) is 0 Å². The van der Waals surface area contributed by atoms with Crippen LogP contribution in [0.2, 0.25) is 0 Å². The largest absolute Gasteiger partial charge is 0.399 e. The Bertz CT molecular complexity index is 459. The van der Waals surface area contributed by atoms with Crippen LogP contribution in [-0.2, 0) is 0 Å². The lowest BCUT2D eigenvalue weighted by atomic mass is 10.4. The van der Waals surface area contributed by atoms with Crippen LogP contribution in [0.4, 0.5) is 5.69 Å². The molecule has 4 heteroatoms. The molecule has 0 atom stereocenters. The zero-order chi connectivity index (χ0) is 10.1. The van der Waals surface area contributed by atoms with Crippen molar-refractivity contribution in [1.82, 2.24) is 14.8 Å². The van der Waals surface area contributed by atoms with E-state index >= 15 is 0 Å². The summed E-state index contributed by atoms with van der Waals surface area (Å²) >= 11 is 0. The molecule has 2 N–H and O–H groups in total. The number of nitrogen functional groups attached to an aromatic ring is 1. The molecule has 0 aliphatic carbocycles. The normalized spacial score (nSPS) is 10.4. The first-order valence-electron chi connectivity index (χ1n) is 4.42. The van der Waals surface area contributed by atoms with Gasteiger partial charge in [-0.1, -0.05) is 0 Å². The molecule has 14 heavy (non-hydrogen) atoms. The SMILES string of the molecule is Cc1cc(C)n(-c2cc(N)ccn2)n1. The Labute approximate surface area is 82.4 Å². The summed E-state index contributed by atoms with van der Waals surface area (Å²) in [5.74, 6) is 0.760. The molecule has 0 radical (unpaired) electrons. The van der Waals surface area contributed by atoms with Gasteiger partial charge in [0.1, 0.15) is 0 Å². The number of anilines is 1. The van der Waals surface area contributed by atoms with Crippen LogP contribution in [0.25, 0.3) is 5.82 Å². The van der Waals surface area contributed by atoms with Gasteiger partial charge in [0, 0.05) is 23.6 Å². The molecule has 0 saturated heterocycles. The molecule has 2 rings (SSSR count). The van der Waals surface area contributed by atoms with Crippen molar-refractivity contribution >= 4 is 5.69 Å². The lowest BCUT2D eigenvalue weighted by molar-refractivity contribution is 0.807. The smallest absolute Gasteiger partial charge is 0.155 e. The minimum absolute atomic E-state index is 0.697. The second-order valence-electron chi connectivity index (χ2n) is 3.29. The van der Waals surface area contributed by atoms with Crippen LogP contribution < -0.4 is 5.73 Å². The van der Waals surface area contributed by atoms with E-state index in [9.17, 15) is 0 Å². The molecule has 0 unspecified atom stereocenters. The zero-order valence-corrected chi connectivity index (χ0v) is 8.23. The maximum Gasteiger partial charge on any atom is 0.155 e. The number of nitrogens with two attached hydrogens (primary N) is 1. The van der Waals surface area contributed by atoms with Crippen molar-refractivity contribution in [2.75, 3.05) is 5.73 Å². The average molecular weight is 188 g/mol. The molecule has 0 spiro atoms. The Kier molecular flexibility index (Phi) is 1.96. The standard InChI is InChI=1S/C10H12N4/c1-7-5-8(2)14(13-7)10-6-9(11)3-4-12-10/h3-6H,1-2H3,(H2,11,12). The van der Waals surface area contributed by atoms with Crippen LogP contribution in [-0.4, -0.2) is 14.8 Å². The predicted octanol–water partition coefficient (Wildman–Crippen LogP) is 1.47. The summed E-state index contributed by atoms with van der Waals surface area (Å²) < 4.78 is 1.78. The Morgan fingerprint density at radius 3 is 2.64 bits per heavy atom. The third-order valence-corrected chi connectivity index (χ3v) is 2.00. The minimum atomic E-state index is 0.697. The van der Waals surface area contributed by atoms with Gasteiger partial charge in [0.25, 0.3) is 0 Å². The van der Waals surface area contributed by atoms with Gasteiger partial charge in [-0.25, -0.2) is 9.67 Å². The lowest BCUT2D eigenvalue weighted by Crippen LogP contribution is -2.02. The van der Waals surface area contributed by atoms with E-state index in [0.717, 1.165) is 17.2 Å². The molecule has 2 heterocycles.